The SMILES string of the molecule is C.C.CC(C)N(C(C)C)P(Cl)OCCC#N.CCCO.CCCOP(OCCC#N)N(C(C)C)C(C)C. The van der Waals surface area contributed by atoms with Gasteiger partial charge in [0.05, 0.1) is 44.8 Å². The number of halogens is 1. The highest BCUT2D eigenvalue weighted by atomic mass is 35.7. The third kappa shape index (κ3) is 27.3. The van der Waals surface area contributed by atoms with Crippen LogP contribution in [0, 0.1) is 22.7 Å². The Labute approximate surface area is 238 Å². The lowest BCUT2D eigenvalue weighted by Gasteiger charge is -2.35. The van der Waals surface area contributed by atoms with E-state index in [0.717, 1.165) is 12.8 Å². The number of aliphatic hydroxyl groups is 1. The van der Waals surface area contributed by atoms with E-state index in [-0.39, 0.29) is 14.9 Å². The van der Waals surface area contributed by atoms with Gasteiger partial charge in [-0.3, -0.25) is 0 Å². The molecule has 0 aromatic rings. The van der Waals surface area contributed by atoms with E-state index in [0.29, 0.717) is 63.4 Å². The van der Waals surface area contributed by atoms with E-state index in [1.807, 2.05) is 13.0 Å². The lowest BCUT2D eigenvalue weighted by molar-refractivity contribution is 0.176. The highest BCUT2D eigenvalue weighted by molar-refractivity contribution is 7.78. The van der Waals surface area contributed by atoms with Gasteiger partial charge in [0.1, 0.15) is 0 Å². The van der Waals surface area contributed by atoms with Gasteiger partial charge in [-0.05, 0) is 79.5 Å². The molecule has 2 unspecified atom stereocenters. The van der Waals surface area contributed by atoms with Crippen molar-refractivity contribution in [2.75, 3.05) is 26.4 Å². The lowest BCUT2D eigenvalue weighted by Crippen LogP contribution is -2.33. The number of nitrogens with zero attached hydrogens (tertiary/aromatic N) is 4. The van der Waals surface area contributed by atoms with Gasteiger partial charge in [0.15, 0.2) is 0 Å². The average Bonchev–Trinajstić information content (AvgIpc) is 2.77. The minimum Gasteiger partial charge on any atom is -0.396 e. The summed E-state index contributed by atoms with van der Waals surface area (Å²) in [7, 11) is -2.12. The van der Waals surface area contributed by atoms with Crippen LogP contribution in [0.4, 0.5) is 0 Å². The first-order chi connectivity index (χ1) is 16.5. The number of rotatable bonds is 16. The van der Waals surface area contributed by atoms with Gasteiger partial charge in [0.2, 0.25) is 7.65 Å². The fourth-order valence-corrected chi connectivity index (χ4v) is 6.71. The molecule has 0 fully saturated rings. The summed E-state index contributed by atoms with van der Waals surface area (Å²) in [5.74, 6) is 0. The summed E-state index contributed by atoms with van der Waals surface area (Å²) in [6.45, 7) is 22.8. The van der Waals surface area contributed by atoms with Crippen LogP contribution in [0.1, 0.15) is 110 Å². The van der Waals surface area contributed by atoms with Gasteiger partial charge in [-0.25, -0.2) is 9.34 Å². The number of nitriles is 2. The van der Waals surface area contributed by atoms with Crippen LogP contribution in [-0.2, 0) is 13.6 Å². The minimum atomic E-state index is -1.08. The van der Waals surface area contributed by atoms with Gasteiger partial charge in [0, 0.05) is 30.8 Å². The van der Waals surface area contributed by atoms with Gasteiger partial charge in [-0.15, -0.1) is 0 Å². The maximum absolute atomic E-state index is 8.53. The molecule has 0 amide bonds. The molecule has 11 heteroatoms. The molecule has 0 aliphatic rings. The van der Waals surface area contributed by atoms with E-state index in [2.05, 4.69) is 77.7 Å². The van der Waals surface area contributed by atoms with Crippen molar-refractivity contribution in [3.63, 3.8) is 0 Å². The van der Waals surface area contributed by atoms with Crippen molar-refractivity contribution >= 4 is 27.4 Å². The summed E-state index contributed by atoms with van der Waals surface area (Å²) in [6.07, 6.45) is 2.67. The average molecular weight is 589 g/mol. The number of aliphatic hydroxyl groups excluding tert-OH is 1. The predicted octanol–water partition coefficient (Wildman–Crippen LogP) is 8.85. The van der Waals surface area contributed by atoms with Crippen molar-refractivity contribution in [1.82, 2.24) is 9.34 Å². The largest absolute Gasteiger partial charge is 0.396 e. The lowest BCUT2D eigenvalue weighted by atomic mass is 10.3. The molecule has 0 aromatic carbocycles. The third-order valence-electron chi connectivity index (χ3n) is 3.94. The van der Waals surface area contributed by atoms with Gasteiger partial charge < -0.3 is 18.7 Å². The Morgan fingerprint density at radius 1 is 0.703 bits per heavy atom. The molecule has 0 aliphatic heterocycles. The van der Waals surface area contributed by atoms with Crippen LogP contribution < -0.4 is 0 Å². The number of hydrogen-bond donors (Lipinski definition) is 1. The highest BCUT2D eigenvalue weighted by Crippen LogP contribution is 2.49. The topological polar surface area (TPSA) is 102 Å². The predicted molar refractivity (Wildman–Crippen MR) is 163 cm³/mol. The Morgan fingerprint density at radius 2 is 1.05 bits per heavy atom. The molecule has 1 N–H and O–H groups in total. The van der Waals surface area contributed by atoms with Crippen molar-refractivity contribution in [3.8, 4) is 12.1 Å². The minimum absolute atomic E-state index is 0. The molecular formula is C26H59ClN4O4P2. The van der Waals surface area contributed by atoms with Crippen LogP contribution in [0.15, 0.2) is 0 Å². The Hall–Kier alpha value is -0.110. The van der Waals surface area contributed by atoms with Gasteiger partial charge in [-0.1, -0.05) is 28.7 Å². The second kappa shape index (κ2) is 32.1. The Balaban J connectivity index is -0.000000155. The molecule has 0 aromatic heterocycles. The van der Waals surface area contributed by atoms with Crippen molar-refractivity contribution in [2.24, 2.45) is 0 Å². The van der Waals surface area contributed by atoms with Crippen LogP contribution in [0.3, 0.4) is 0 Å². The molecule has 8 nitrogen and oxygen atoms in total. The highest BCUT2D eigenvalue weighted by Gasteiger charge is 2.26. The fourth-order valence-electron chi connectivity index (χ4n) is 2.68. The van der Waals surface area contributed by atoms with E-state index in [9.17, 15) is 0 Å². The monoisotopic (exact) mass is 588 g/mol. The van der Waals surface area contributed by atoms with E-state index in [1.54, 1.807) is 0 Å². The summed E-state index contributed by atoms with van der Waals surface area (Å²) in [4.78, 5) is 0. The second-order valence-electron chi connectivity index (χ2n) is 8.64. The maximum Gasteiger partial charge on any atom is 0.259 e. The van der Waals surface area contributed by atoms with Crippen molar-refractivity contribution < 1.29 is 18.7 Å². The van der Waals surface area contributed by atoms with Crippen LogP contribution in [0.2, 0.25) is 0 Å². The molecule has 37 heavy (non-hydrogen) atoms. The molecular weight excluding hydrogens is 530 g/mol. The maximum atomic E-state index is 8.53. The normalized spacial score (nSPS) is 12.1. The van der Waals surface area contributed by atoms with E-state index < -0.39 is 16.2 Å². The molecule has 2 atom stereocenters. The summed E-state index contributed by atoms with van der Waals surface area (Å²) < 4.78 is 21.3. The molecule has 0 spiro atoms. The molecule has 0 heterocycles. The second-order valence-corrected chi connectivity index (χ2v) is 12.1. The zero-order valence-corrected chi connectivity index (χ0v) is 26.2. The van der Waals surface area contributed by atoms with Crippen LogP contribution in [0.5, 0.6) is 0 Å². The Morgan fingerprint density at radius 3 is 1.35 bits per heavy atom. The fraction of sp³-hybridized carbons (Fsp3) is 0.923. The van der Waals surface area contributed by atoms with E-state index in [1.165, 1.54) is 0 Å². The van der Waals surface area contributed by atoms with Crippen molar-refractivity contribution in [2.45, 2.75) is 134 Å². The van der Waals surface area contributed by atoms with Gasteiger partial charge in [0.25, 0.3) is 8.53 Å². The van der Waals surface area contributed by atoms with Crippen LogP contribution in [-0.4, -0.2) is 65.0 Å². The molecule has 0 saturated heterocycles. The zero-order chi connectivity index (χ0) is 27.8. The summed E-state index contributed by atoms with van der Waals surface area (Å²) in [6, 6.07) is 5.59. The molecule has 0 rings (SSSR count). The van der Waals surface area contributed by atoms with E-state index >= 15 is 0 Å². The smallest absolute Gasteiger partial charge is 0.259 e. The first-order valence-electron chi connectivity index (χ1n) is 12.5. The Bertz CT molecular complexity index is 530. The molecule has 0 bridgehead atoms. The van der Waals surface area contributed by atoms with Crippen LogP contribution in [0.25, 0.3) is 0 Å². The summed E-state index contributed by atoms with van der Waals surface area (Å²) >= 11 is 6.13. The molecule has 224 valence electrons. The van der Waals surface area contributed by atoms with Gasteiger partial charge >= 0.3 is 0 Å². The summed E-state index contributed by atoms with van der Waals surface area (Å²) in [5.41, 5.74) is 0. The van der Waals surface area contributed by atoms with Crippen molar-refractivity contribution in [3.05, 3.63) is 0 Å². The summed E-state index contributed by atoms with van der Waals surface area (Å²) in [5, 5.41) is 24.8. The van der Waals surface area contributed by atoms with Gasteiger partial charge in [-0.2, -0.15) is 10.5 Å². The van der Waals surface area contributed by atoms with Crippen molar-refractivity contribution in [1.29, 1.82) is 10.5 Å². The van der Waals surface area contributed by atoms with E-state index in [4.69, 9.17) is 40.4 Å². The zero-order valence-electron chi connectivity index (χ0n) is 23.7. The number of hydrogen-bond acceptors (Lipinski definition) is 8. The first-order valence-corrected chi connectivity index (χ1v) is 15.8. The Kier molecular flexibility index (Phi) is 40.5. The molecule has 0 aliphatic carbocycles. The molecule has 0 saturated carbocycles. The van der Waals surface area contributed by atoms with Crippen LogP contribution >= 0.6 is 27.4 Å². The third-order valence-corrected chi connectivity index (χ3v) is 8.55. The quantitative estimate of drug-likeness (QED) is 0.141. The first kappa shape index (κ1) is 46.7. The standard InChI is InChI=1S/C12H25N2O2P.C9H18ClN2OP.C3H8O.2CH4/c1-6-9-15-17(16-10-7-8-13)14(11(2)3)12(4)5;1-8(2)12(9(3)4)14(10)13-7-5-6-11;1-2-3-4;;/h11-12H,6-7,9-10H2,1-5H3;8-9H,5,7H2,1-4H3;4H,2-3H2,1H3;2*1H4. The molecule has 0 radical (unpaired) electrons.